The summed E-state index contributed by atoms with van der Waals surface area (Å²) in [4.78, 5) is 11.1. The zero-order valence-electron chi connectivity index (χ0n) is 9.50. The molecule has 0 saturated heterocycles. The molecular formula is C12H13N3O2. The van der Waals surface area contributed by atoms with Crippen molar-refractivity contribution in [2.24, 2.45) is 0 Å². The molecule has 1 aromatic heterocycles. The SMILES string of the molecule is CCCc1nncn1-c1ccccc1C(=O)O. The highest BCUT2D eigenvalue weighted by atomic mass is 16.4. The smallest absolute Gasteiger partial charge is 0.337 e. The van der Waals surface area contributed by atoms with Gasteiger partial charge in [0.1, 0.15) is 12.2 Å². The van der Waals surface area contributed by atoms with Gasteiger partial charge >= 0.3 is 5.97 Å². The second-order valence-corrected chi connectivity index (χ2v) is 3.69. The standard InChI is InChI=1S/C12H13N3O2/c1-2-5-11-14-13-8-15(11)10-7-4-3-6-9(10)12(16)17/h3-4,6-8H,2,5H2,1H3,(H,16,17). The molecule has 1 aromatic carbocycles. The number of carboxylic acids is 1. The first kappa shape index (κ1) is 11.3. The van der Waals surface area contributed by atoms with Crippen molar-refractivity contribution >= 4 is 5.97 Å². The van der Waals surface area contributed by atoms with Crippen molar-refractivity contribution in [1.29, 1.82) is 0 Å². The van der Waals surface area contributed by atoms with E-state index in [0.29, 0.717) is 5.69 Å². The van der Waals surface area contributed by atoms with Crippen molar-refractivity contribution in [3.63, 3.8) is 0 Å². The summed E-state index contributed by atoms with van der Waals surface area (Å²) >= 11 is 0. The third-order valence-corrected chi connectivity index (χ3v) is 2.49. The quantitative estimate of drug-likeness (QED) is 0.872. The number of aryl methyl sites for hydroxylation is 1. The monoisotopic (exact) mass is 231 g/mol. The summed E-state index contributed by atoms with van der Waals surface area (Å²) in [6.07, 6.45) is 3.26. The minimum absolute atomic E-state index is 0.254. The third-order valence-electron chi connectivity index (χ3n) is 2.49. The van der Waals surface area contributed by atoms with Gasteiger partial charge < -0.3 is 5.11 Å². The van der Waals surface area contributed by atoms with Crippen LogP contribution < -0.4 is 0 Å². The molecule has 0 unspecified atom stereocenters. The lowest BCUT2D eigenvalue weighted by Gasteiger charge is -2.08. The summed E-state index contributed by atoms with van der Waals surface area (Å²) in [6, 6.07) is 6.84. The van der Waals surface area contributed by atoms with Gasteiger partial charge in [0.25, 0.3) is 0 Å². The van der Waals surface area contributed by atoms with Crippen LogP contribution in [0.2, 0.25) is 0 Å². The summed E-state index contributed by atoms with van der Waals surface area (Å²) in [7, 11) is 0. The van der Waals surface area contributed by atoms with E-state index in [0.717, 1.165) is 18.7 Å². The van der Waals surface area contributed by atoms with Gasteiger partial charge in [0, 0.05) is 6.42 Å². The first-order valence-electron chi connectivity index (χ1n) is 5.45. The maximum atomic E-state index is 11.1. The molecule has 5 nitrogen and oxygen atoms in total. The Morgan fingerprint density at radius 1 is 1.41 bits per heavy atom. The molecule has 0 fully saturated rings. The van der Waals surface area contributed by atoms with Crippen molar-refractivity contribution < 1.29 is 9.90 Å². The summed E-state index contributed by atoms with van der Waals surface area (Å²) in [5.74, 6) is -0.169. The average molecular weight is 231 g/mol. The molecule has 0 bridgehead atoms. The maximum absolute atomic E-state index is 11.1. The van der Waals surface area contributed by atoms with Crippen LogP contribution in [0, 0.1) is 0 Å². The van der Waals surface area contributed by atoms with Gasteiger partial charge in [-0.2, -0.15) is 0 Å². The molecule has 1 heterocycles. The van der Waals surface area contributed by atoms with Crippen molar-refractivity contribution in [3.05, 3.63) is 42.0 Å². The van der Waals surface area contributed by atoms with Gasteiger partial charge in [-0.3, -0.25) is 4.57 Å². The number of nitrogens with zero attached hydrogens (tertiary/aromatic N) is 3. The first-order chi connectivity index (χ1) is 8.24. The van der Waals surface area contributed by atoms with E-state index >= 15 is 0 Å². The molecule has 0 aliphatic carbocycles. The minimum Gasteiger partial charge on any atom is -0.478 e. The number of carbonyl (C=O) groups is 1. The molecule has 0 saturated carbocycles. The Bertz CT molecular complexity index is 534. The molecule has 17 heavy (non-hydrogen) atoms. The maximum Gasteiger partial charge on any atom is 0.337 e. The van der Waals surface area contributed by atoms with Gasteiger partial charge in [0.05, 0.1) is 11.3 Å². The van der Waals surface area contributed by atoms with Gasteiger partial charge in [-0.1, -0.05) is 19.1 Å². The second-order valence-electron chi connectivity index (χ2n) is 3.69. The van der Waals surface area contributed by atoms with Gasteiger partial charge in [-0.25, -0.2) is 4.79 Å². The van der Waals surface area contributed by atoms with Crippen LogP contribution in [-0.4, -0.2) is 25.8 Å². The molecule has 2 aromatic rings. The van der Waals surface area contributed by atoms with E-state index in [2.05, 4.69) is 10.2 Å². The van der Waals surface area contributed by atoms with Gasteiger partial charge in [-0.15, -0.1) is 10.2 Å². The number of para-hydroxylation sites is 1. The van der Waals surface area contributed by atoms with Crippen molar-refractivity contribution in [3.8, 4) is 5.69 Å². The number of carboxylic acid groups (broad SMARTS) is 1. The van der Waals surface area contributed by atoms with E-state index in [1.165, 1.54) is 0 Å². The van der Waals surface area contributed by atoms with Crippen LogP contribution in [0.4, 0.5) is 0 Å². The predicted octanol–water partition coefficient (Wildman–Crippen LogP) is 1.92. The number of aromatic carboxylic acids is 1. The fraction of sp³-hybridized carbons (Fsp3) is 0.250. The zero-order valence-corrected chi connectivity index (χ0v) is 9.50. The number of rotatable bonds is 4. The minimum atomic E-state index is -0.947. The highest BCUT2D eigenvalue weighted by molar-refractivity contribution is 5.91. The van der Waals surface area contributed by atoms with Crippen LogP contribution in [0.25, 0.3) is 5.69 Å². The van der Waals surface area contributed by atoms with Crippen molar-refractivity contribution in [2.45, 2.75) is 19.8 Å². The third kappa shape index (κ3) is 2.18. The molecule has 88 valence electrons. The lowest BCUT2D eigenvalue weighted by atomic mass is 10.1. The summed E-state index contributed by atoms with van der Waals surface area (Å²) in [5, 5.41) is 17.0. The lowest BCUT2D eigenvalue weighted by molar-refractivity contribution is 0.0697. The molecule has 0 amide bonds. The molecule has 5 heteroatoms. The van der Waals surface area contributed by atoms with E-state index in [4.69, 9.17) is 5.11 Å². The highest BCUT2D eigenvalue weighted by Crippen LogP contribution is 2.16. The topological polar surface area (TPSA) is 68.0 Å². The highest BCUT2D eigenvalue weighted by Gasteiger charge is 2.13. The van der Waals surface area contributed by atoms with E-state index in [9.17, 15) is 4.79 Å². The van der Waals surface area contributed by atoms with Crippen molar-refractivity contribution in [1.82, 2.24) is 14.8 Å². The molecule has 0 spiro atoms. The lowest BCUT2D eigenvalue weighted by Crippen LogP contribution is -2.07. The van der Waals surface area contributed by atoms with E-state index < -0.39 is 5.97 Å². The average Bonchev–Trinajstić information content (AvgIpc) is 2.77. The van der Waals surface area contributed by atoms with Crippen LogP contribution in [0.5, 0.6) is 0 Å². The van der Waals surface area contributed by atoms with E-state index in [1.807, 2.05) is 6.92 Å². The van der Waals surface area contributed by atoms with Crippen LogP contribution >= 0.6 is 0 Å². The molecule has 0 aliphatic heterocycles. The fourth-order valence-electron chi connectivity index (χ4n) is 1.72. The van der Waals surface area contributed by atoms with Crippen LogP contribution in [0.1, 0.15) is 29.5 Å². The van der Waals surface area contributed by atoms with Crippen LogP contribution in [0.3, 0.4) is 0 Å². The Morgan fingerprint density at radius 2 is 2.18 bits per heavy atom. The summed E-state index contributed by atoms with van der Waals surface area (Å²) < 4.78 is 1.73. The Hall–Kier alpha value is -2.17. The Kier molecular flexibility index (Phi) is 3.18. The number of hydrogen-bond acceptors (Lipinski definition) is 3. The van der Waals surface area contributed by atoms with Gasteiger partial charge in [0.2, 0.25) is 0 Å². The molecule has 0 aliphatic rings. The Balaban J connectivity index is 2.52. The predicted molar refractivity (Wildman–Crippen MR) is 62.3 cm³/mol. The van der Waals surface area contributed by atoms with Crippen molar-refractivity contribution in [2.75, 3.05) is 0 Å². The number of aromatic nitrogens is 3. The summed E-state index contributed by atoms with van der Waals surface area (Å²) in [6.45, 7) is 2.04. The summed E-state index contributed by atoms with van der Waals surface area (Å²) in [5.41, 5.74) is 0.859. The van der Waals surface area contributed by atoms with Gasteiger partial charge in [-0.05, 0) is 18.6 Å². The normalized spacial score (nSPS) is 10.4. The molecule has 0 atom stereocenters. The molecule has 0 radical (unpaired) electrons. The number of benzene rings is 1. The van der Waals surface area contributed by atoms with Crippen LogP contribution in [0.15, 0.2) is 30.6 Å². The molecule has 1 N–H and O–H groups in total. The molecule has 2 rings (SSSR count). The first-order valence-corrected chi connectivity index (χ1v) is 5.45. The second kappa shape index (κ2) is 4.78. The largest absolute Gasteiger partial charge is 0.478 e. The fourth-order valence-corrected chi connectivity index (χ4v) is 1.72. The van der Waals surface area contributed by atoms with Crippen LogP contribution in [-0.2, 0) is 6.42 Å². The Labute approximate surface area is 98.7 Å². The van der Waals surface area contributed by atoms with Gasteiger partial charge in [0.15, 0.2) is 0 Å². The van der Waals surface area contributed by atoms with E-state index in [-0.39, 0.29) is 5.56 Å². The molecular weight excluding hydrogens is 218 g/mol. The van der Waals surface area contributed by atoms with E-state index in [1.54, 1.807) is 35.2 Å². The zero-order chi connectivity index (χ0) is 12.3. The number of hydrogen-bond donors (Lipinski definition) is 1. The Morgan fingerprint density at radius 3 is 2.88 bits per heavy atom.